The first-order valence-electron chi connectivity index (χ1n) is 47.7. The third-order valence-electron chi connectivity index (χ3n) is 25.3. The topological polar surface area (TPSA) is 55.4 Å². The van der Waals surface area contributed by atoms with Crippen LogP contribution in [0.4, 0.5) is 0 Å². The summed E-state index contributed by atoms with van der Waals surface area (Å²) in [6, 6.07) is 68.1. The Kier molecular flexibility index (Phi) is 36.4. The van der Waals surface area contributed by atoms with Crippen LogP contribution in [0.3, 0.4) is 0 Å². The minimum Gasteiger partial charge on any atom is -0.493 e. The lowest BCUT2D eigenvalue weighted by Gasteiger charge is -2.32. The lowest BCUT2D eigenvalue weighted by atomic mass is 9.76. The summed E-state index contributed by atoms with van der Waals surface area (Å²) in [5.74, 6) is 3.75. The summed E-state index contributed by atoms with van der Waals surface area (Å²) in [6.45, 7) is 47.7. The maximum absolute atomic E-state index is 6.86. The van der Waals surface area contributed by atoms with E-state index in [1.165, 1.54) is 241 Å². The normalized spacial score (nSPS) is 13.5. The van der Waals surface area contributed by atoms with Gasteiger partial charge in [0.05, 0.1) is 51.0 Å². The molecule has 0 spiro atoms. The van der Waals surface area contributed by atoms with Gasteiger partial charge >= 0.3 is 7.12 Å². The van der Waals surface area contributed by atoms with Crippen molar-refractivity contribution in [2.75, 3.05) is 26.4 Å². The SMILES string of the molecule is CC(C)(C)c1ccc(-c2cc(B3OC(C)(C)C(C)(C)O3)cc(-c3ccc(C(C)(C)C)cc3)c2)cc1.CCCCCCCCOc1cc2c(cc1Br)sc1cc(-c3cc(-c4ccc(C(C)(C)C)cc4)cc(-c4ccc(C(C)(C)C)cc4)c3)c(OCCCCCCCC)cc12.CCCCCCCCOc1cc2c(cc1Br)sc1cc(Br)c(OCCCCCCCC)cc12. The lowest BCUT2D eigenvalue weighted by molar-refractivity contribution is 0.00578. The van der Waals surface area contributed by atoms with E-state index in [2.05, 4.69) is 368 Å². The Labute approximate surface area is 793 Å². The van der Waals surface area contributed by atoms with E-state index in [0.717, 1.165) is 92.9 Å². The highest BCUT2D eigenvalue weighted by Gasteiger charge is 2.52. The molecule has 1 aliphatic heterocycles. The van der Waals surface area contributed by atoms with E-state index in [1.807, 2.05) is 22.7 Å². The number of hydrogen-bond acceptors (Lipinski definition) is 8. The van der Waals surface area contributed by atoms with E-state index in [0.29, 0.717) is 6.61 Å². The molecule has 674 valence electrons. The summed E-state index contributed by atoms with van der Waals surface area (Å²) >= 11 is 15.0. The molecule has 13 rings (SSSR count). The van der Waals surface area contributed by atoms with Gasteiger partial charge in [0.2, 0.25) is 0 Å². The standard InChI is InChI=1S/C54H67BrO2S.C32H41BO2.C28H38Br2O2S/c1-9-11-13-15-17-19-29-56-49-34-46-47-35-50(57-30-20-18-16-14-12-10-2)48(55)37-52(47)58-51(46)36-45(49)42-32-40(38-21-25-43(26-22-38)53(3,4)5)31-41(33-42)39-23-27-44(28-24-39)54(6,7)8;1-29(2,3)26-15-11-22(12-16-26)24-19-25(23-13-17-27(18-14-23)30(4,5)6)21-28(20-24)33-34-31(7,8)32(9,10)35-33;1-3-5-7-9-11-13-15-31-25-17-21-22-18-26(32-16-14-12-10-8-6-4-2)24(30)20-28(22)33-27(21)19-23(25)29/h21-28,31-37H,9-20,29-30H2,1-8H3;11-21H,1-10H3;17-20H,3-16H2,1-2H3. The van der Waals surface area contributed by atoms with Gasteiger partial charge in [-0.1, -0.05) is 348 Å². The predicted octanol–water partition coefficient (Wildman–Crippen LogP) is 36.9. The zero-order chi connectivity index (χ0) is 90.6. The molecule has 126 heavy (non-hydrogen) atoms. The number of fused-ring (bicyclic) bond motifs is 6. The molecule has 0 saturated carbocycles. The van der Waals surface area contributed by atoms with Crippen molar-refractivity contribution in [3.05, 3.63) is 218 Å². The van der Waals surface area contributed by atoms with E-state index in [4.69, 9.17) is 28.3 Å². The van der Waals surface area contributed by atoms with Crippen LogP contribution in [0.15, 0.2) is 195 Å². The molecule has 0 radical (unpaired) electrons. The molecule has 12 aromatic rings. The fourth-order valence-electron chi connectivity index (χ4n) is 16.4. The maximum Gasteiger partial charge on any atom is 0.494 e. The molecule has 2 aromatic heterocycles. The lowest BCUT2D eigenvalue weighted by Crippen LogP contribution is -2.41. The molecule has 0 aliphatic carbocycles. The molecular weight excluding hydrogens is 1780 g/mol. The molecule has 0 amide bonds. The Bertz CT molecular complexity index is 5210. The van der Waals surface area contributed by atoms with Crippen LogP contribution in [0.2, 0.25) is 0 Å². The van der Waals surface area contributed by atoms with E-state index < -0.39 is 7.12 Å². The van der Waals surface area contributed by atoms with Crippen molar-refractivity contribution in [1.82, 2.24) is 0 Å². The second-order valence-corrected chi connectivity index (χ2v) is 45.1. The van der Waals surface area contributed by atoms with Gasteiger partial charge in [-0.25, -0.2) is 0 Å². The highest BCUT2D eigenvalue weighted by atomic mass is 79.9. The minimum absolute atomic E-state index is 0.0958. The van der Waals surface area contributed by atoms with Gasteiger partial charge in [-0.2, -0.15) is 0 Å². The monoisotopic (exact) mass is 1920 g/mol. The predicted molar refractivity (Wildman–Crippen MR) is 561 cm³/mol. The average Bonchev–Trinajstić information content (AvgIpc) is 1.62. The second kappa shape index (κ2) is 45.9. The van der Waals surface area contributed by atoms with Gasteiger partial charge in [-0.3, -0.25) is 0 Å². The highest BCUT2D eigenvalue weighted by Crippen LogP contribution is 2.48. The largest absolute Gasteiger partial charge is 0.494 e. The van der Waals surface area contributed by atoms with Crippen molar-refractivity contribution in [1.29, 1.82) is 0 Å². The van der Waals surface area contributed by atoms with Crippen molar-refractivity contribution < 1.29 is 28.3 Å². The summed E-state index contributed by atoms with van der Waals surface area (Å²) < 4.78 is 46.6. The third-order valence-corrected chi connectivity index (χ3v) is 29.4. The Morgan fingerprint density at radius 2 is 0.500 bits per heavy atom. The number of ether oxygens (including phenoxy) is 4. The average molecular weight is 1930 g/mol. The quantitative estimate of drug-likeness (QED) is 0.0284. The van der Waals surface area contributed by atoms with E-state index >= 15 is 0 Å². The molecule has 6 nitrogen and oxygen atoms in total. The molecule has 0 atom stereocenters. The van der Waals surface area contributed by atoms with Crippen LogP contribution in [0.1, 0.15) is 315 Å². The Hall–Kier alpha value is -6.74. The summed E-state index contributed by atoms with van der Waals surface area (Å²) in [7, 11) is -0.401. The fourth-order valence-corrected chi connectivity index (χ4v) is 20.5. The van der Waals surface area contributed by atoms with Crippen molar-refractivity contribution in [2.24, 2.45) is 0 Å². The summed E-state index contributed by atoms with van der Waals surface area (Å²) in [5.41, 5.74) is 18.0. The molecule has 0 bridgehead atoms. The first-order valence-corrected chi connectivity index (χ1v) is 51.7. The van der Waals surface area contributed by atoms with Gasteiger partial charge < -0.3 is 28.3 Å². The first-order chi connectivity index (χ1) is 60.1. The maximum atomic E-state index is 6.86. The number of halogens is 3. The van der Waals surface area contributed by atoms with Crippen molar-refractivity contribution in [3.63, 3.8) is 0 Å². The molecule has 3 heterocycles. The smallest absolute Gasteiger partial charge is 0.493 e. The summed E-state index contributed by atoms with van der Waals surface area (Å²) in [4.78, 5) is 0. The van der Waals surface area contributed by atoms with Crippen molar-refractivity contribution in [3.8, 4) is 78.6 Å². The van der Waals surface area contributed by atoms with Gasteiger partial charge in [-0.15, -0.1) is 22.7 Å². The van der Waals surface area contributed by atoms with E-state index in [-0.39, 0.29) is 32.9 Å². The molecular formula is C114H146BBr3O6S2. The fraction of sp³-hybridized carbons (Fsp3) is 0.474. The van der Waals surface area contributed by atoms with Gasteiger partial charge in [0.25, 0.3) is 0 Å². The van der Waals surface area contributed by atoms with Crippen LogP contribution in [0, 0.1) is 0 Å². The third kappa shape index (κ3) is 27.5. The van der Waals surface area contributed by atoms with Crippen LogP contribution in [-0.2, 0) is 31.0 Å². The number of rotatable bonds is 38. The summed E-state index contributed by atoms with van der Waals surface area (Å²) in [5, 5.41) is 4.94. The molecule has 1 fully saturated rings. The molecule has 0 unspecified atom stereocenters. The van der Waals surface area contributed by atoms with Crippen LogP contribution in [-0.4, -0.2) is 44.7 Å². The number of thiophene rings is 2. The zero-order valence-corrected chi connectivity index (χ0v) is 86.5. The van der Waals surface area contributed by atoms with Crippen molar-refractivity contribution in [2.45, 2.75) is 325 Å². The highest BCUT2D eigenvalue weighted by molar-refractivity contribution is 9.11. The van der Waals surface area contributed by atoms with E-state index in [1.54, 1.807) is 0 Å². The molecule has 0 N–H and O–H groups in total. The number of hydrogen-bond donors (Lipinski definition) is 0. The molecule has 1 aliphatic rings. The van der Waals surface area contributed by atoms with Crippen LogP contribution >= 0.6 is 70.5 Å². The van der Waals surface area contributed by atoms with Crippen molar-refractivity contribution >= 4 is 123 Å². The van der Waals surface area contributed by atoms with Crippen LogP contribution < -0.4 is 24.4 Å². The van der Waals surface area contributed by atoms with Crippen LogP contribution in [0.25, 0.3) is 96.0 Å². The van der Waals surface area contributed by atoms with E-state index in [9.17, 15) is 0 Å². The Morgan fingerprint density at radius 3 is 0.770 bits per heavy atom. The zero-order valence-electron chi connectivity index (χ0n) is 80.1. The van der Waals surface area contributed by atoms with Gasteiger partial charge in [0.1, 0.15) is 23.0 Å². The second-order valence-electron chi connectivity index (χ2n) is 40.4. The molecule has 1 saturated heterocycles. The minimum atomic E-state index is -0.401. The Balaban J connectivity index is 0.000000195. The number of benzene rings is 10. The van der Waals surface area contributed by atoms with Gasteiger partial charge in [0.15, 0.2) is 0 Å². The van der Waals surface area contributed by atoms with Crippen LogP contribution in [0.5, 0.6) is 23.0 Å². The molecule has 12 heteroatoms. The first kappa shape index (κ1) is 99.8. The number of unbranched alkanes of at least 4 members (excludes halogenated alkanes) is 20. The van der Waals surface area contributed by atoms with Gasteiger partial charge in [-0.05, 0) is 273 Å². The van der Waals surface area contributed by atoms with Gasteiger partial charge in [0, 0.05) is 45.9 Å². The Morgan fingerprint density at radius 1 is 0.270 bits per heavy atom. The summed E-state index contributed by atoms with van der Waals surface area (Å²) in [6.07, 6.45) is 30.2. The molecule has 10 aromatic carbocycles.